The van der Waals surface area contributed by atoms with E-state index in [-0.39, 0.29) is 0 Å². The lowest BCUT2D eigenvalue weighted by Gasteiger charge is -2.28. The van der Waals surface area contributed by atoms with Crippen LogP contribution in [0.1, 0.15) is 61.3 Å². The molecule has 1 aliphatic rings. The summed E-state index contributed by atoms with van der Waals surface area (Å²) in [6.45, 7) is 4.35. The maximum absolute atomic E-state index is 5.44. The van der Waals surface area contributed by atoms with Gasteiger partial charge < -0.3 is 10.1 Å². The molecule has 0 aromatic heterocycles. The topological polar surface area (TPSA) is 21.3 Å². The highest BCUT2D eigenvalue weighted by Gasteiger charge is 2.24. The van der Waals surface area contributed by atoms with E-state index in [0.29, 0.717) is 6.04 Å². The van der Waals surface area contributed by atoms with Crippen molar-refractivity contribution in [3.63, 3.8) is 0 Å². The van der Waals surface area contributed by atoms with Gasteiger partial charge in [-0.2, -0.15) is 0 Å². The number of nitrogens with one attached hydrogen (secondary N) is 1. The molecular formula is C18H29NO. The maximum Gasteiger partial charge on any atom is 0.122 e. The molecule has 2 heteroatoms. The van der Waals surface area contributed by atoms with Crippen LogP contribution in [0.3, 0.4) is 0 Å². The second kappa shape index (κ2) is 7.12. The summed E-state index contributed by atoms with van der Waals surface area (Å²) in [6.07, 6.45) is 8.31. The van der Waals surface area contributed by atoms with E-state index >= 15 is 0 Å². The van der Waals surface area contributed by atoms with Gasteiger partial charge >= 0.3 is 0 Å². The summed E-state index contributed by atoms with van der Waals surface area (Å²) in [5.74, 6) is 1.77. The fraction of sp³-hybridized carbons (Fsp3) is 0.667. The molecule has 0 heterocycles. The number of benzene rings is 1. The number of aryl methyl sites for hydroxylation is 2. The first kappa shape index (κ1) is 15.4. The highest BCUT2D eigenvalue weighted by molar-refractivity contribution is 5.43. The number of hydrogen-bond donors (Lipinski definition) is 1. The van der Waals surface area contributed by atoms with E-state index in [0.717, 1.165) is 11.7 Å². The smallest absolute Gasteiger partial charge is 0.122 e. The largest absolute Gasteiger partial charge is 0.496 e. The quantitative estimate of drug-likeness (QED) is 0.814. The molecule has 1 saturated carbocycles. The summed E-state index contributed by atoms with van der Waals surface area (Å²) < 4.78 is 5.44. The van der Waals surface area contributed by atoms with E-state index in [1.165, 1.54) is 55.2 Å². The van der Waals surface area contributed by atoms with Gasteiger partial charge in [0.25, 0.3) is 0 Å². The van der Waals surface area contributed by atoms with Gasteiger partial charge in [0.05, 0.1) is 7.11 Å². The standard InChI is InChI=1S/C18H29NO/c1-13-12-17(20-4)14(2)11-16(13)18(19-3)15-9-7-5-6-8-10-15/h11-12,15,18-19H,5-10H2,1-4H3. The zero-order chi connectivity index (χ0) is 14.5. The summed E-state index contributed by atoms with van der Waals surface area (Å²) in [7, 11) is 3.86. The summed E-state index contributed by atoms with van der Waals surface area (Å²) in [6, 6.07) is 4.99. The average Bonchev–Trinajstić information content (AvgIpc) is 2.72. The minimum Gasteiger partial charge on any atom is -0.496 e. The van der Waals surface area contributed by atoms with Crippen molar-refractivity contribution in [1.29, 1.82) is 0 Å². The van der Waals surface area contributed by atoms with E-state index in [1.807, 2.05) is 0 Å². The number of ether oxygens (including phenoxy) is 1. The van der Waals surface area contributed by atoms with Gasteiger partial charge in [0.1, 0.15) is 5.75 Å². The molecule has 1 aromatic carbocycles. The maximum atomic E-state index is 5.44. The third kappa shape index (κ3) is 3.35. The van der Waals surface area contributed by atoms with Gasteiger partial charge in [0.15, 0.2) is 0 Å². The van der Waals surface area contributed by atoms with Crippen LogP contribution < -0.4 is 10.1 Å². The van der Waals surface area contributed by atoms with E-state index in [4.69, 9.17) is 4.74 Å². The second-order valence-electron chi connectivity index (χ2n) is 6.20. The molecule has 0 amide bonds. The Morgan fingerprint density at radius 2 is 1.70 bits per heavy atom. The van der Waals surface area contributed by atoms with E-state index in [1.54, 1.807) is 7.11 Å². The molecule has 2 rings (SSSR count). The normalized spacial score (nSPS) is 18.6. The minimum absolute atomic E-state index is 0.484. The number of methoxy groups -OCH3 is 1. The molecule has 1 fully saturated rings. The molecule has 1 aromatic rings. The first-order valence-electron chi connectivity index (χ1n) is 7.99. The fourth-order valence-corrected chi connectivity index (χ4v) is 3.66. The van der Waals surface area contributed by atoms with E-state index in [9.17, 15) is 0 Å². The molecule has 0 saturated heterocycles. The van der Waals surface area contributed by atoms with Crippen molar-refractivity contribution in [1.82, 2.24) is 5.32 Å². The van der Waals surface area contributed by atoms with Crippen LogP contribution in [0.4, 0.5) is 0 Å². The fourth-order valence-electron chi connectivity index (χ4n) is 3.66. The van der Waals surface area contributed by atoms with Gasteiger partial charge in [-0.1, -0.05) is 31.7 Å². The third-order valence-electron chi connectivity index (χ3n) is 4.80. The average molecular weight is 275 g/mol. The lowest BCUT2D eigenvalue weighted by molar-refractivity contribution is 0.340. The predicted octanol–water partition coefficient (Wildman–Crippen LogP) is 4.54. The van der Waals surface area contributed by atoms with Crippen molar-refractivity contribution < 1.29 is 4.74 Å². The lowest BCUT2D eigenvalue weighted by Crippen LogP contribution is -2.26. The number of hydrogen-bond acceptors (Lipinski definition) is 2. The summed E-state index contributed by atoms with van der Waals surface area (Å²) in [5, 5.41) is 3.58. The zero-order valence-corrected chi connectivity index (χ0v) is 13.5. The van der Waals surface area contributed by atoms with Crippen molar-refractivity contribution in [2.24, 2.45) is 5.92 Å². The molecule has 1 unspecified atom stereocenters. The predicted molar refractivity (Wildman–Crippen MR) is 85.5 cm³/mol. The molecule has 0 aliphatic heterocycles. The Morgan fingerprint density at radius 1 is 1.05 bits per heavy atom. The molecule has 20 heavy (non-hydrogen) atoms. The van der Waals surface area contributed by atoms with Gasteiger partial charge in [0.2, 0.25) is 0 Å². The van der Waals surface area contributed by atoms with Crippen molar-refractivity contribution in [2.75, 3.05) is 14.2 Å². The molecule has 0 spiro atoms. The van der Waals surface area contributed by atoms with Crippen LogP contribution in [0.5, 0.6) is 5.75 Å². The Kier molecular flexibility index (Phi) is 5.47. The molecule has 1 atom stereocenters. The summed E-state index contributed by atoms with van der Waals surface area (Å²) in [5.41, 5.74) is 4.04. The van der Waals surface area contributed by atoms with Crippen LogP contribution in [0.25, 0.3) is 0 Å². The number of rotatable bonds is 4. The monoisotopic (exact) mass is 275 g/mol. The Morgan fingerprint density at radius 3 is 2.25 bits per heavy atom. The van der Waals surface area contributed by atoms with E-state index < -0.39 is 0 Å². The van der Waals surface area contributed by atoms with Gasteiger partial charge in [0, 0.05) is 6.04 Å². The van der Waals surface area contributed by atoms with Crippen molar-refractivity contribution in [2.45, 2.75) is 58.4 Å². The summed E-state index contributed by atoms with van der Waals surface area (Å²) >= 11 is 0. The van der Waals surface area contributed by atoms with Gasteiger partial charge in [-0.05, 0) is 62.4 Å². The van der Waals surface area contributed by atoms with Gasteiger partial charge in [-0.25, -0.2) is 0 Å². The van der Waals surface area contributed by atoms with Crippen LogP contribution in [0.2, 0.25) is 0 Å². The highest BCUT2D eigenvalue weighted by atomic mass is 16.5. The SMILES string of the molecule is CNC(c1cc(C)c(OC)cc1C)C1CCCCCC1. The van der Waals surface area contributed by atoms with Gasteiger partial charge in [-0.3, -0.25) is 0 Å². The molecular weight excluding hydrogens is 246 g/mol. The highest BCUT2D eigenvalue weighted by Crippen LogP contribution is 2.36. The third-order valence-corrected chi connectivity index (χ3v) is 4.80. The zero-order valence-electron chi connectivity index (χ0n) is 13.5. The summed E-state index contributed by atoms with van der Waals surface area (Å²) in [4.78, 5) is 0. The molecule has 1 aliphatic carbocycles. The van der Waals surface area contributed by atoms with Gasteiger partial charge in [-0.15, -0.1) is 0 Å². The van der Waals surface area contributed by atoms with Crippen LogP contribution in [-0.4, -0.2) is 14.2 Å². The molecule has 1 N–H and O–H groups in total. The second-order valence-corrected chi connectivity index (χ2v) is 6.20. The van der Waals surface area contributed by atoms with Crippen LogP contribution >= 0.6 is 0 Å². The van der Waals surface area contributed by atoms with Crippen LogP contribution in [0.15, 0.2) is 12.1 Å². The van der Waals surface area contributed by atoms with Crippen molar-refractivity contribution >= 4 is 0 Å². The molecule has 0 radical (unpaired) electrons. The first-order chi connectivity index (χ1) is 9.67. The van der Waals surface area contributed by atoms with Crippen LogP contribution in [0, 0.1) is 19.8 Å². The van der Waals surface area contributed by atoms with Crippen molar-refractivity contribution in [3.8, 4) is 5.75 Å². The molecule has 2 nitrogen and oxygen atoms in total. The molecule has 0 bridgehead atoms. The Hall–Kier alpha value is -1.02. The minimum atomic E-state index is 0.484. The first-order valence-corrected chi connectivity index (χ1v) is 7.99. The Labute approximate surface area is 123 Å². The van der Waals surface area contributed by atoms with Crippen LogP contribution in [-0.2, 0) is 0 Å². The van der Waals surface area contributed by atoms with E-state index in [2.05, 4.69) is 38.3 Å². The Bertz CT molecular complexity index is 433. The molecule has 112 valence electrons. The van der Waals surface area contributed by atoms with Crippen molar-refractivity contribution in [3.05, 3.63) is 28.8 Å². The Balaban J connectivity index is 2.28. The lowest BCUT2D eigenvalue weighted by atomic mass is 9.84.